The lowest BCUT2D eigenvalue weighted by atomic mass is 10.2. The molecule has 0 radical (unpaired) electrons. The third-order valence-corrected chi connectivity index (χ3v) is 3.55. The second kappa shape index (κ2) is 7.07. The van der Waals surface area contributed by atoms with Gasteiger partial charge in [-0.1, -0.05) is 12.2 Å². The number of carbonyl (C=O) groups excluding carboxylic acids is 1. The third kappa shape index (κ3) is 3.77. The maximum absolute atomic E-state index is 13.2. The van der Waals surface area contributed by atoms with Gasteiger partial charge < -0.3 is 9.88 Å². The van der Waals surface area contributed by atoms with Gasteiger partial charge in [0.15, 0.2) is 0 Å². The number of imidazole rings is 1. The first-order valence-corrected chi connectivity index (χ1v) is 7.74. The molecule has 7 heteroatoms. The van der Waals surface area contributed by atoms with Crippen LogP contribution in [-0.2, 0) is 6.18 Å². The number of nitrogens with zero attached hydrogens (tertiary/aromatic N) is 2. The summed E-state index contributed by atoms with van der Waals surface area (Å²) in [4.78, 5) is 15.8. The molecule has 0 aliphatic heterocycles. The van der Waals surface area contributed by atoms with Crippen LogP contribution in [0.15, 0.2) is 30.4 Å². The number of carbonyl (C=O) groups is 1. The zero-order valence-corrected chi connectivity index (χ0v) is 13.8. The predicted molar refractivity (Wildman–Crippen MR) is 86.9 cm³/mol. The first-order chi connectivity index (χ1) is 11.3. The number of hydrogen-bond donors (Lipinski definition) is 1. The molecule has 1 N–H and O–H groups in total. The number of hydrogen-bond acceptors (Lipinski definition) is 2. The lowest BCUT2D eigenvalue weighted by Crippen LogP contribution is -2.24. The van der Waals surface area contributed by atoms with Gasteiger partial charge in [0.2, 0.25) is 5.82 Å². The Morgan fingerprint density at radius 1 is 1.38 bits per heavy atom. The van der Waals surface area contributed by atoms with E-state index in [0.717, 1.165) is 4.57 Å². The minimum atomic E-state index is -4.54. The van der Waals surface area contributed by atoms with Gasteiger partial charge in [-0.05, 0) is 45.4 Å². The molecular weight excluding hydrogens is 319 g/mol. The molecule has 0 aliphatic rings. The van der Waals surface area contributed by atoms with Crippen molar-refractivity contribution in [3.63, 3.8) is 0 Å². The molecule has 0 saturated heterocycles. The van der Waals surface area contributed by atoms with Gasteiger partial charge in [0.05, 0.1) is 11.0 Å². The molecule has 0 unspecified atom stereocenters. The molecule has 1 aromatic carbocycles. The number of fused-ring (bicyclic) bond motifs is 1. The fourth-order valence-corrected chi connectivity index (χ4v) is 2.50. The molecule has 0 atom stereocenters. The van der Waals surface area contributed by atoms with Crippen molar-refractivity contribution in [2.45, 2.75) is 39.4 Å². The van der Waals surface area contributed by atoms with E-state index in [0.29, 0.717) is 24.0 Å². The quantitative estimate of drug-likeness (QED) is 0.651. The molecular formula is C17H20F3N3O. The van der Waals surface area contributed by atoms with Crippen molar-refractivity contribution in [1.29, 1.82) is 0 Å². The number of allylic oxidation sites excluding steroid dienone is 1. The van der Waals surface area contributed by atoms with E-state index < -0.39 is 18.0 Å². The molecule has 0 saturated carbocycles. The highest BCUT2D eigenvalue weighted by Crippen LogP contribution is 2.33. The van der Waals surface area contributed by atoms with Crippen molar-refractivity contribution in [2.75, 3.05) is 6.54 Å². The highest BCUT2D eigenvalue weighted by Gasteiger charge is 2.38. The molecule has 2 aromatic rings. The zero-order chi connectivity index (χ0) is 17.9. The monoisotopic (exact) mass is 339 g/mol. The summed E-state index contributed by atoms with van der Waals surface area (Å²) < 4.78 is 40.7. The SMILES string of the molecule is C/C=C/CCNC(=O)c1ccc2c(c1)nc(C(F)(F)F)n2C(C)C. The Labute approximate surface area is 138 Å². The Hall–Kier alpha value is -2.31. The van der Waals surface area contributed by atoms with Crippen LogP contribution >= 0.6 is 0 Å². The van der Waals surface area contributed by atoms with E-state index in [1.807, 2.05) is 19.1 Å². The van der Waals surface area contributed by atoms with E-state index in [1.54, 1.807) is 13.8 Å². The zero-order valence-electron chi connectivity index (χ0n) is 13.8. The molecule has 0 fully saturated rings. The van der Waals surface area contributed by atoms with Gasteiger partial charge in [-0.15, -0.1) is 0 Å². The second-order valence-electron chi connectivity index (χ2n) is 5.71. The number of halogens is 3. The molecule has 4 nitrogen and oxygen atoms in total. The lowest BCUT2D eigenvalue weighted by Gasteiger charge is -2.14. The first-order valence-electron chi connectivity index (χ1n) is 7.74. The Bertz CT molecular complexity index is 760. The fourth-order valence-electron chi connectivity index (χ4n) is 2.50. The van der Waals surface area contributed by atoms with E-state index >= 15 is 0 Å². The molecule has 0 aliphatic carbocycles. The van der Waals surface area contributed by atoms with E-state index in [-0.39, 0.29) is 11.4 Å². The van der Waals surface area contributed by atoms with Crippen LogP contribution < -0.4 is 5.32 Å². The van der Waals surface area contributed by atoms with Crippen molar-refractivity contribution in [3.05, 3.63) is 41.7 Å². The largest absolute Gasteiger partial charge is 0.449 e. The normalized spacial score (nSPS) is 12.5. The standard InChI is InChI=1S/C17H20F3N3O/c1-4-5-6-9-21-15(24)12-7-8-14-13(10-12)22-16(17(18,19)20)23(14)11(2)3/h4-5,7-8,10-11H,6,9H2,1-3H3,(H,21,24)/b5-4+. The maximum atomic E-state index is 13.2. The summed E-state index contributed by atoms with van der Waals surface area (Å²) in [5, 5.41) is 2.73. The number of amides is 1. The van der Waals surface area contributed by atoms with Crippen molar-refractivity contribution in [3.8, 4) is 0 Å². The Morgan fingerprint density at radius 2 is 2.08 bits per heavy atom. The summed E-state index contributed by atoms with van der Waals surface area (Å²) >= 11 is 0. The van der Waals surface area contributed by atoms with E-state index in [2.05, 4.69) is 10.3 Å². The van der Waals surface area contributed by atoms with Crippen LogP contribution in [0.25, 0.3) is 11.0 Å². The van der Waals surface area contributed by atoms with Crippen LogP contribution in [0.1, 0.15) is 49.4 Å². The minimum Gasteiger partial charge on any atom is -0.352 e. The summed E-state index contributed by atoms with van der Waals surface area (Å²) in [5.41, 5.74) is 0.824. The molecule has 2 rings (SSSR count). The van der Waals surface area contributed by atoms with Crippen molar-refractivity contribution in [2.24, 2.45) is 0 Å². The van der Waals surface area contributed by atoms with Gasteiger partial charge in [-0.25, -0.2) is 4.98 Å². The van der Waals surface area contributed by atoms with Crippen LogP contribution in [0, 0.1) is 0 Å². The van der Waals surface area contributed by atoms with Crippen LogP contribution in [0.5, 0.6) is 0 Å². The second-order valence-corrected chi connectivity index (χ2v) is 5.71. The van der Waals surface area contributed by atoms with Crippen molar-refractivity contribution < 1.29 is 18.0 Å². The molecule has 24 heavy (non-hydrogen) atoms. The van der Waals surface area contributed by atoms with Gasteiger partial charge >= 0.3 is 6.18 Å². The Kier molecular flexibility index (Phi) is 5.31. The first kappa shape index (κ1) is 18.0. The number of nitrogens with one attached hydrogen (secondary N) is 1. The highest BCUT2D eigenvalue weighted by atomic mass is 19.4. The van der Waals surface area contributed by atoms with Gasteiger partial charge in [-0.3, -0.25) is 4.79 Å². The number of aromatic nitrogens is 2. The average molecular weight is 339 g/mol. The van der Waals surface area contributed by atoms with Gasteiger partial charge in [0, 0.05) is 18.2 Å². The van der Waals surface area contributed by atoms with E-state index in [9.17, 15) is 18.0 Å². The van der Waals surface area contributed by atoms with E-state index in [4.69, 9.17) is 0 Å². The summed E-state index contributed by atoms with van der Waals surface area (Å²) in [6.45, 7) is 5.69. The molecule has 1 amide bonds. The van der Waals surface area contributed by atoms with Crippen molar-refractivity contribution in [1.82, 2.24) is 14.9 Å². The molecule has 1 aromatic heterocycles. The van der Waals surface area contributed by atoms with Crippen molar-refractivity contribution >= 4 is 16.9 Å². The third-order valence-electron chi connectivity index (χ3n) is 3.55. The van der Waals surface area contributed by atoms with Crippen LogP contribution in [0.2, 0.25) is 0 Å². The van der Waals surface area contributed by atoms with Gasteiger partial charge in [0.1, 0.15) is 0 Å². The molecule has 1 heterocycles. The predicted octanol–water partition coefficient (Wildman–Crippen LogP) is 4.33. The molecule has 130 valence electrons. The van der Waals surface area contributed by atoms with Crippen LogP contribution in [0.3, 0.4) is 0 Å². The average Bonchev–Trinajstić information content (AvgIpc) is 2.90. The number of rotatable bonds is 5. The van der Waals surface area contributed by atoms with Crippen LogP contribution in [0.4, 0.5) is 13.2 Å². The fraction of sp³-hybridized carbons (Fsp3) is 0.412. The maximum Gasteiger partial charge on any atom is 0.449 e. The lowest BCUT2D eigenvalue weighted by molar-refractivity contribution is -0.147. The summed E-state index contributed by atoms with van der Waals surface area (Å²) in [7, 11) is 0. The smallest absolute Gasteiger partial charge is 0.352 e. The Morgan fingerprint density at radius 3 is 2.67 bits per heavy atom. The molecule has 0 spiro atoms. The number of alkyl halides is 3. The van der Waals surface area contributed by atoms with Gasteiger partial charge in [-0.2, -0.15) is 13.2 Å². The van der Waals surface area contributed by atoms with Crippen LogP contribution in [-0.4, -0.2) is 22.0 Å². The highest BCUT2D eigenvalue weighted by molar-refractivity contribution is 5.97. The van der Waals surface area contributed by atoms with E-state index in [1.165, 1.54) is 18.2 Å². The van der Waals surface area contributed by atoms with Gasteiger partial charge in [0.25, 0.3) is 5.91 Å². The number of benzene rings is 1. The Balaban J connectivity index is 2.36. The summed E-state index contributed by atoms with van der Waals surface area (Å²) in [6.07, 6.45) is -0.0400. The summed E-state index contributed by atoms with van der Waals surface area (Å²) in [5.74, 6) is -1.27. The summed E-state index contributed by atoms with van der Waals surface area (Å²) in [6, 6.07) is 4.04. The topological polar surface area (TPSA) is 46.9 Å². The molecule has 0 bridgehead atoms. The minimum absolute atomic E-state index is 0.164.